The summed E-state index contributed by atoms with van der Waals surface area (Å²) in [6, 6.07) is 5.43. The molecule has 0 atom stereocenters. The lowest BCUT2D eigenvalue weighted by Gasteiger charge is -2.12. The number of carbonyl (C=O) groups is 1. The van der Waals surface area contributed by atoms with Crippen LogP contribution >= 0.6 is 11.6 Å². The van der Waals surface area contributed by atoms with Crippen LogP contribution < -0.4 is 9.47 Å². The second-order valence-corrected chi connectivity index (χ2v) is 5.64. The molecule has 0 amide bonds. The summed E-state index contributed by atoms with van der Waals surface area (Å²) in [5.74, 6) is 0.768. The molecule has 1 aromatic carbocycles. The van der Waals surface area contributed by atoms with E-state index in [1.54, 1.807) is 33.2 Å². The van der Waals surface area contributed by atoms with Gasteiger partial charge in [0.1, 0.15) is 17.3 Å². The highest BCUT2D eigenvalue weighted by molar-refractivity contribution is 6.32. The Bertz CT molecular complexity index is 728. The molecule has 0 fully saturated rings. The summed E-state index contributed by atoms with van der Waals surface area (Å²) in [6.45, 7) is 4.47. The lowest BCUT2D eigenvalue weighted by atomic mass is 10.2. The molecule has 0 aliphatic carbocycles. The summed E-state index contributed by atoms with van der Waals surface area (Å²) in [5.41, 5.74) is 1.61. The lowest BCUT2D eigenvalue weighted by Crippen LogP contribution is -2.07. The Morgan fingerprint density at radius 1 is 1.33 bits per heavy atom. The molecule has 0 bridgehead atoms. The standard InChI is InChI=1S/C17H21ClN2O4/c1-5-8-23-13-7-6-12(9-14(13)22-4)10-24-17(21)15-11(2)19-20(3)16(15)18/h6-7,9H,5,8,10H2,1-4H3. The zero-order valence-electron chi connectivity index (χ0n) is 14.3. The number of hydrogen-bond acceptors (Lipinski definition) is 5. The molecule has 1 heterocycles. The minimum absolute atomic E-state index is 0.105. The quantitative estimate of drug-likeness (QED) is 0.713. The van der Waals surface area contributed by atoms with Gasteiger partial charge in [0.25, 0.3) is 0 Å². The number of aryl methyl sites for hydroxylation is 2. The van der Waals surface area contributed by atoms with Crippen LogP contribution in [0.2, 0.25) is 5.15 Å². The smallest absolute Gasteiger partial charge is 0.343 e. The van der Waals surface area contributed by atoms with Gasteiger partial charge in [-0.3, -0.25) is 4.68 Å². The second-order valence-electron chi connectivity index (χ2n) is 5.28. The molecule has 0 saturated heterocycles. The highest BCUT2D eigenvalue weighted by Crippen LogP contribution is 2.29. The number of hydrogen-bond donors (Lipinski definition) is 0. The maximum absolute atomic E-state index is 12.2. The Morgan fingerprint density at radius 3 is 2.67 bits per heavy atom. The number of nitrogens with zero attached hydrogens (tertiary/aromatic N) is 2. The van der Waals surface area contributed by atoms with Crippen molar-refractivity contribution in [2.75, 3.05) is 13.7 Å². The molecule has 0 aliphatic rings. The second kappa shape index (κ2) is 8.06. The molecule has 0 unspecified atom stereocenters. The molecule has 130 valence electrons. The average Bonchev–Trinajstić information content (AvgIpc) is 2.83. The van der Waals surface area contributed by atoms with E-state index < -0.39 is 5.97 Å². The number of esters is 1. The zero-order valence-corrected chi connectivity index (χ0v) is 15.0. The Balaban J connectivity index is 2.07. The van der Waals surface area contributed by atoms with Crippen molar-refractivity contribution in [3.8, 4) is 11.5 Å². The van der Waals surface area contributed by atoms with Crippen molar-refractivity contribution in [3.63, 3.8) is 0 Å². The summed E-state index contributed by atoms with van der Waals surface area (Å²) in [5, 5.41) is 4.36. The SMILES string of the molecule is CCCOc1ccc(COC(=O)c2c(C)nn(C)c2Cl)cc1OC. The van der Waals surface area contributed by atoms with Gasteiger partial charge in [-0.15, -0.1) is 0 Å². The Hall–Kier alpha value is -2.21. The van der Waals surface area contributed by atoms with Crippen molar-refractivity contribution in [2.24, 2.45) is 7.05 Å². The first kappa shape index (κ1) is 18.1. The molecule has 24 heavy (non-hydrogen) atoms. The molecular formula is C17H21ClN2O4. The third-order valence-corrected chi connectivity index (χ3v) is 3.85. The minimum Gasteiger partial charge on any atom is -0.493 e. The number of aromatic nitrogens is 2. The van der Waals surface area contributed by atoms with Gasteiger partial charge < -0.3 is 14.2 Å². The van der Waals surface area contributed by atoms with E-state index >= 15 is 0 Å². The number of ether oxygens (including phenoxy) is 3. The molecule has 0 radical (unpaired) electrons. The Labute approximate surface area is 146 Å². The molecule has 2 rings (SSSR count). The third kappa shape index (κ3) is 4.00. The van der Waals surface area contributed by atoms with E-state index in [2.05, 4.69) is 5.10 Å². The molecule has 6 nitrogen and oxygen atoms in total. The summed E-state index contributed by atoms with van der Waals surface area (Å²) in [7, 11) is 3.24. The van der Waals surface area contributed by atoms with Crippen molar-refractivity contribution in [2.45, 2.75) is 26.9 Å². The van der Waals surface area contributed by atoms with Crippen LogP contribution in [-0.2, 0) is 18.4 Å². The number of halogens is 1. The van der Waals surface area contributed by atoms with Crippen LogP contribution in [0, 0.1) is 6.92 Å². The lowest BCUT2D eigenvalue weighted by molar-refractivity contribution is 0.0471. The van der Waals surface area contributed by atoms with E-state index in [0.29, 0.717) is 23.8 Å². The Morgan fingerprint density at radius 2 is 2.08 bits per heavy atom. The topological polar surface area (TPSA) is 62.6 Å². The average molecular weight is 353 g/mol. The van der Waals surface area contributed by atoms with E-state index in [1.165, 1.54) is 4.68 Å². The first-order valence-electron chi connectivity index (χ1n) is 7.63. The van der Waals surface area contributed by atoms with Gasteiger partial charge in [-0.25, -0.2) is 4.79 Å². The van der Waals surface area contributed by atoms with E-state index in [-0.39, 0.29) is 17.3 Å². The zero-order chi connectivity index (χ0) is 17.7. The predicted octanol–water partition coefficient (Wildman–Crippen LogP) is 3.54. The van der Waals surface area contributed by atoms with Gasteiger partial charge in [0.2, 0.25) is 0 Å². The summed E-state index contributed by atoms with van der Waals surface area (Å²) < 4.78 is 17.7. The molecule has 0 saturated carbocycles. The van der Waals surface area contributed by atoms with Crippen molar-refractivity contribution >= 4 is 17.6 Å². The third-order valence-electron chi connectivity index (χ3n) is 3.42. The number of methoxy groups -OCH3 is 1. The number of benzene rings is 1. The summed E-state index contributed by atoms with van der Waals surface area (Å²) in [6.07, 6.45) is 0.910. The normalized spacial score (nSPS) is 10.5. The number of carbonyl (C=O) groups excluding carboxylic acids is 1. The highest BCUT2D eigenvalue weighted by atomic mass is 35.5. The van der Waals surface area contributed by atoms with Crippen LogP contribution in [0.5, 0.6) is 11.5 Å². The maximum Gasteiger partial charge on any atom is 0.343 e. The molecule has 0 aliphatic heterocycles. The van der Waals surface area contributed by atoms with Crippen LogP contribution in [0.3, 0.4) is 0 Å². The van der Waals surface area contributed by atoms with Gasteiger partial charge in [-0.05, 0) is 31.0 Å². The highest BCUT2D eigenvalue weighted by Gasteiger charge is 2.20. The van der Waals surface area contributed by atoms with Crippen molar-refractivity contribution < 1.29 is 19.0 Å². The Kier molecular flexibility index (Phi) is 6.09. The summed E-state index contributed by atoms with van der Waals surface area (Å²) >= 11 is 6.07. The maximum atomic E-state index is 12.2. The van der Waals surface area contributed by atoms with Gasteiger partial charge in [0.05, 0.1) is 19.4 Å². The van der Waals surface area contributed by atoms with Crippen LogP contribution in [0.4, 0.5) is 0 Å². The fourth-order valence-electron chi connectivity index (χ4n) is 2.22. The van der Waals surface area contributed by atoms with E-state index in [1.807, 2.05) is 13.0 Å². The molecule has 7 heteroatoms. The molecule has 0 N–H and O–H groups in total. The summed E-state index contributed by atoms with van der Waals surface area (Å²) in [4.78, 5) is 12.2. The van der Waals surface area contributed by atoms with Crippen LogP contribution in [0.25, 0.3) is 0 Å². The molecule has 1 aromatic heterocycles. The van der Waals surface area contributed by atoms with Gasteiger partial charge in [-0.1, -0.05) is 24.6 Å². The van der Waals surface area contributed by atoms with Crippen molar-refractivity contribution in [1.29, 1.82) is 0 Å². The van der Waals surface area contributed by atoms with E-state index in [0.717, 1.165) is 12.0 Å². The van der Waals surface area contributed by atoms with E-state index in [4.69, 9.17) is 25.8 Å². The fourth-order valence-corrected chi connectivity index (χ4v) is 2.47. The van der Waals surface area contributed by atoms with Crippen LogP contribution in [-0.4, -0.2) is 29.5 Å². The van der Waals surface area contributed by atoms with E-state index in [9.17, 15) is 4.79 Å². The minimum atomic E-state index is -0.504. The van der Waals surface area contributed by atoms with Gasteiger partial charge in [0, 0.05) is 7.05 Å². The predicted molar refractivity (Wildman–Crippen MR) is 90.9 cm³/mol. The first-order valence-corrected chi connectivity index (χ1v) is 8.01. The van der Waals surface area contributed by atoms with Gasteiger partial charge in [0.15, 0.2) is 11.5 Å². The molecule has 2 aromatic rings. The van der Waals surface area contributed by atoms with Gasteiger partial charge >= 0.3 is 5.97 Å². The fraction of sp³-hybridized carbons (Fsp3) is 0.412. The monoisotopic (exact) mass is 352 g/mol. The van der Waals surface area contributed by atoms with Crippen LogP contribution in [0.15, 0.2) is 18.2 Å². The van der Waals surface area contributed by atoms with Crippen LogP contribution in [0.1, 0.15) is 35.0 Å². The molecular weight excluding hydrogens is 332 g/mol. The first-order chi connectivity index (χ1) is 11.5. The van der Waals surface area contributed by atoms with Crippen molar-refractivity contribution in [3.05, 3.63) is 40.2 Å². The van der Waals surface area contributed by atoms with Crippen molar-refractivity contribution in [1.82, 2.24) is 9.78 Å². The molecule has 0 spiro atoms. The number of rotatable bonds is 7. The van der Waals surface area contributed by atoms with Gasteiger partial charge in [-0.2, -0.15) is 5.10 Å². The largest absolute Gasteiger partial charge is 0.493 e.